The van der Waals surface area contributed by atoms with Crippen molar-refractivity contribution in [2.45, 2.75) is 6.42 Å². The van der Waals surface area contributed by atoms with Crippen LogP contribution in [0, 0.1) is 0 Å². The van der Waals surface area contributed by atoms with Crippen LogP contribution in [0.15, 0.2) is 42.5 Å². The van der Waals surface area contributed by atoms with Crippen LogP contribution in [0.1, 0.15) is 5.56 Å². The predicted octanol–water partition coefficient (Wildman–Crippen LogP) is 2.91. The summed E-state index contributed by atoms with van der Waals surface area (Å²) in [4.78, 5) is 0. The second kappa shape index (κ2) is 6.25. The maximum absolute atomic E-state index is 8.90. The Balaban J connectivity index is 2.30. The van der Waals surface area contributed by atoms with Crippen molar-refractivity contribution in [3.8, 4) is 22.6 Å². The highest BCUT2D eigenvalue weighted by Crippen LogP contribution is 2.32. The van der Waals surface area contributed by atoms with E-state index in [-0.39, 0.29) is 6.61 Å². The standard InChI is InChI=1S/C16H18O3/c1-18-15-8-7-14(11-16(15)19-2)13-5-3-12(4-6-13)9-10-17/h3-8,11,17H,9-10H2,1-2H3. The first-order valence-electron chi connectivity index (χ1n) is 6.20. The van der Waals surface area contributed by atoms with Crippen LogP contribution in [0.3, 0.4) is 0 Å². The van der Waals surface area contributed by atoms with Crippen LogP contribution in [0.4, 0.5) is 0 Å². The molecular weight excluding hydrogens is 240 g/mol. The lowest BCUT2D eigenvalue weighted by Gasteiger charge is -2.10. The van der Waals surface area contributed by atoms with Crippen LogP contribution in [0.25, 0.3) is 11.1 Å². The van der Waals surface area contributed by atoms with Gasteiger partial charge in [-0.1, -0.05) is 30.3 Å². The molecule has 0 aromatic heterocycles. The highest BCUT2D eigenvalue weighted by molar-refractivity contribution is 5.67. The zero-order chi connectivity index (χ0) is 13.7. The molecule has 0 heterocycles. The zero-order valence-corrected chi connectivity index (χ0v) is 11.2. The molecule has 0 aliphatic heterocycles. The van der Waals surface area contributed by atoms with E-state index in [1.165, 1.54) is 0 Å². The van der Waals surface area contributed by atoms with Crippen LogP contribution in [-0.4, -0.2) is 25.9 Å². The van der Waals surface area contributed by atoms with Crippen LogP contribution in [-0.2, 0) is 6.42 Å². The highest BCUT2D eigenvalue weighted by atomic mass is 16.5. The van der Waals surface area contributed by atoms with Crippen LogP contribution in [0.5, 0.6) is 11.5 Å². The number of hydrogen-bond donors (Lipinski definition) is 1. The second-order valence-corrected chi connectivity index (χ2v) is 4.24. The van der Waals surface area contributed by atoms with Crippen LogP contribution >= 0.6 is 0 Å². The number of methoxy groups -OCH3 is 2. The van der Waals surface area contributed by atoms with Crippen molar-refractivity contribution in [3.63, 3.8) is 0 Å². The lowest BCUT2D eigenvalue weighted by molar-refractivity contribution is 0.299. The van der Waals surface area contributed by atoms with Gasteiger partial charge in [0.15, 0.2) is 11.5 Å². The van der Waals surface area contributed by atoms with E-state index in [1.54, 1.807) is 14.2 Å². The molecule has 0 spiro atoms. The number of hydrogen-bond acceptors (Lipinski definition) is 3. The van der Waals surface area contributed by atoms with E-state index in [0.717, 1.165) is 28.2 Å². The molecule has 0 aliphatic rings. The van der Waals surface area contributed by atoms with Gasteiger partial charge < -0.3 is 14.6 Å². The molecule has 0 amide bonds. The Morgan fingerprint density at radius 1 is 0.842 bits per heavy atom. The first kappa shape index (κ1) is 13.4. The summed E-state index contributed by atoms with van der Waals surface area (Å²) in [6.07, 6.45) is 0.687. The third-order valence-electron chi connectivity index (χ3n) is 3.07. The van der Waals surface area contributed by atoms with E-state index >= 15 is 0 Å². The smallest absolute Gasteiger partial charge is 0.161 e. The Morgan fingerprint density at radius 2 is 1.47 bits per heavy atom. The minimum absolute atomic E-state index is 0.176. The van der Waals surface area contributed by atoms with Crippen molar-refractivity contribution in [1.82, 2.24) is 0 Å². The largest absolute Gasteiger partial charge is 0.493 e. The van der Waals surface area contributed by atoms with Gasteiger partial charge in [0.05, 0.1) is 14.2 Å². The molecule has 19 heavy (non-hydrogen) atoms. The van der Waals surface area contributed by atoms with Crippen molar-refractivity contribution < 1.29 is 14.6 Å². The van der Waals surface area contributed by atoms with E-state index in [1.807, 2.05) is 42.5 Å². The normalized spacial score (nSPS) is 10.3. The van der Waals surface area contributed by atoms with E-state index in [4.69, 9.17) is 14.6 Å². The van der Waals surface area contributed by atoms with Crippen LogP contribution in [0.2, 0.25) is 0 Å². The fourth-order valence-corrected chi connectivity index (χ4v) is 2.01. The van der Waals surface area contributed by atoms with E-state index in [9.17, 15) is 0 Å². The average molecular weight is 258 g/mol. The Kier molecular flexibility index (Phi) is 4.42. The molecule has 3 heteroatoms. The van der Waals surface area contributed by atoms with Crippen molar-refractivity contribution in [3.05, 3.63) is 48.0 Å². The van der Waals surface area contributed by atoms with Gasteiger partial charge in [-0.15, -0.1) is 0 Å². The van der Waals surface area contributed by atoms with Crippen molar-refractivity contribution in [2.75, 3.05) is 20.8 Å². The van der Waals surface area contributed by atoms with Gasteiger partial charge in [-0.3, -0.25) is 0 Å². The summed E-state index contributed by atoms with van der Waals surface area (Å²) >= 11 is 0. The predicted molar refractivity (Wildman–Crippen MR) is 75.8 cm³/mol. The number of benzene rings is 2. The lowest BCUT2D eigenvalue weighted by Crippen LogP contribution is -1.92. The van der Waals surface area contributed by atoms with E-state index in [0.29, 0.717) is 6.42 Å². The minimum atomic E-state index is 0.176. The van der Waals surface area contributed by atoms with Gasteiger partial charge in [-0.2, -0.15) is 0 Å². The third kappa shape index (κ3) is 3.06. The molecule has 0 radical (unpaired) electrons. The molecular formula is C16H18O3. The highest BCUT2D eigenvalue weighted by Gasteiger charge is 2.06. The molecule has 0 atom stereocenters. The molecule has 2 rings (SSSR count). The molecule has 0 unspecified atom stereocenters. The molecule has 0 saturated heterocycles. The first-order valence-corrected chi connectivity index (χ1v) is 6.20. The fraction of sp³-hybridized carbons (Fsp3) is 0.250. The SMILES string of the molecule is COc1ccc(-c2ccc(CCO)cc2)cc1OC. The Labute approximate surface area is 113 Å². The van der Waals surface area contributed by atoms with Gasteiger partial charge in [0, 0.05) is 6.61 Å². The number of aliphatic hydroxyl groups excluding tert-OH is 1. The van der Waals surface area contributed by atoms with Gasteiger partial charge in [-0.05, 0) is 35.2 Å². The summed E-state index contributed by atoms with van der Waals surface area (Å²) in [5.74, 6) is 1.45. The van der Waals surface area contributed by atoms with Gasteiger partial charge in [0.2, 0.25) is 0 Å². The minimum Gasteiger partial charge on any atom is -0.493 e. The fourth-order valence-electron chi connectivity index (χ4n) is 2.01. The summed E-state index contributed by atoms with van der Waals surface area (Å²) in [7, 11) is 3.26. The Bertz CT molecular complexity index is 532. The molecule has 2 aromatic carbocycles. The van der Waals surface area contributed by atoms with Gasteiger partial charge in [0.1, 0.15) is 0 Å². The first-order chi connectivity index (χ1) is 9.28. The van der Waals surface area contributed by atoms with Crippen molar-refractivity contribution in [2.24, 2.45) is 0 Å². The van der Waals surface area contributed by atoms with Gasteiger partial charge in [0.25, 0.3) is 0 Å². The quantitative estimate of drug-likeness (QED) is 0.896. The maximum atomic E-state index is 8.90. The van der Waals surface area contributed by atoms with Crippen molar-refractivity contribution in [1.29, 1.82) is 0 Å². The molecule has 0 aliphatic carbocycles. The summed E-state index contributed by atoms with van der Waals surface area (Å²) in [6, 6.07) is 14.0. The van der Waals surface area contributed by atoms with Gasteiger partial charge in [-0.25, -0.2) is 0 Å². The number of aliphatic hydroxyl groups is 1. The van der Waals surface area contributed by atoms with Gasteiger partial charge >= 0.3 is 0 Å². The summed E-state index contributed by atoms with van der Waals surface area (Å²) < 4.78 is 10.5. The molecule has 1 N–H and O–H groups in total. The average Bonchev–Trinajstić information content (AvgIpc) is 2.47. The van der Waals surface area contributed by atoms with Crippen molar-refractivity contribution >= 4 is 0 Å². The zero-order valence-electron chi connectivity index (χ0n) is 11.2. The number of ether oxygens (including phenoxy) is 2. The molecule has 0 fully saturated rings. The molecule has 2 aromatic rings. The molecule has 0 bridgehead atoms. The maximum Gasteiger partial charge on any atom is 0.161 e. The Hall–Kier alpha value is -2.00. The summed E-state index contributed by atoms with van der Waals surface area (Å²) in [6.45, 7) is 0.176. The topological polar surface area (TPSA) is 38.7 Å². The Morgan fingerprint density at radius 3 is 2.05 bits per heavy atom. The number of rotatable bonds is 5. The molecule has 0 saturated carbocycles. The van der Waals surface area contributed by atoms with E-state index in [2.05, 4.69) is 0 Å². The monoisotopic (exact) mass is 258 g/mol. The summed E-state index contributed by atoms with van der Waals surface area (Å²) in [5, 5.41) is 8.90. The van der Waals surface area contributed by atoms with Crippen LogP contribution < -0.4 is 9.47 Å². The van der Waals surface area contributed by atoms with E-state index < -0.39 is 0 Å². The second-order valence-electron chi connectivity index (χ2n) is 4.24. The molecule has 100 valence electrons. The lowest BCUT2D eigenvalue weighted by atomic mass is 10.0. The third-order valence-corrected chi connectivity index (χ3v) is 3.07. The summed E-state index contributed by atoms with van der Waals surface area (Å²) in [5.41, 5.74) is 3.32. The molecule has 3 nitrogen and oxygen atoms in total.